The van der Waals surface area contributed by atoms with Crippen molar-refractivity contribution in [3.8, 4) is 17.8 Å². The van der Waals surface area contributed by atoms with E-state index < -0.39 is 0 Å². The van der Waals surface area contributed by atoms with Crippen LogP contribution in [0.4, 0.5) is 4.79 Å². The smallest absolute Gasteiger partial charge is 0.322 e. The van der Waals surface area contributed by atoms with Crippen LogP contribution in [0.2, 0.25) is 0 Å². The van der Waals surface area contributed by atoms with Gasteiger partial charge in [0.1, 0.15) is 0 Å². The van der Waals surface area contributed by atoms with Gasteiger partial charge in [-0.3, -0.25) is 9.80 Å². The van der Waals surface area contributed by atoms with Crippen molar-refractivity contribution in [1.82, 2.24) is 29.6 Å². The summed E-state index contributed by atoms with van der Waals surface area (Å²) in [4.78, 5) is 31.5. The minimum absolute atomic E-state index is 0.108. The molecule has 2 amide bonds. The summed E-state index contributed by atoms with van der Waals surface area (Å²) < 4.78 is 22.2. The fraction of sp³-hybridized carbons (Fsp3) is 0.485. The summed E-state index contributed by atoms with van der Waals surface area (Å²) >= 11 is 0. The van der Waals surface area contributed by atoms with Crippen LogP contribution in [-0.4, -0.2) is 128 Å². The normalized spacial score (nSPS) is 21.2. The average molecular weight is 603 g/mol. The highest BCUT2D eigenvalue weighted by atomic mass is 16.5. The molecule has 0 saturated carbocycles. The number of rotatable bonds is 8. The van der Waals surface area contributed by atoms with Crippen molar-refractivity contribution in [3.05, 3.63) is 77.4 Å². The first-order chi connectivity index (χ1) is 21.6. The minimum Gasteiger partial charge on any atom is -0.481 e. The monoisotopic (exact) mass is 602 g/mol. The molecule has 0 N–H and O–H groups in total. The molecule has 3 saturated heterocycles. The van der Waals surface area contributed by atoms with Crippen molar-refractivity contribution in [2.45, 2.75) is 24.5 Å². The number of carbonyl (C=O) groups excluding carboxylic acids is 1. The van der Waals surface area contributed by atoms with Crippen LogP contribution in [0.25, 0.3) is 0 Å². The van der Waals surface area contributed by atoms with Crippen LogP contribution in [0.1, 0.15) is 22.6 Å². The molecule has 2 atom stereocenters. The van der Waals surface area contributed by atoms with Crippen LogP contribution in [0.15, 0.2) is 60.7 Å². The summed E-state index contributed by atoms with van der Waals surface area (Å²) in [5.41, 5.74) is 3.33. The summed E-state index contributed by atoms with van der Waals surface area (Å²) in [6.07, 6.45) is 0. The predicted octanol–water partition coefficient (Wildman–Crippen LogP) is 2.96. The molecule has 3 aliphatic heterocycles. The maximum Gasteiger partial charge on any atom is 0.322 e. The second kappa shape index (κ2) is 13.8. The topological polar surface area (TPSA) is 92.7 Å². The minimum atomic E-state index is 0.108. The van der Waals surface area contributed by atoms with Gasteiger partial charge in [-0.25, -0.2) is 4.79 Å². The van der Waals surface area contributed by atoms with E-state index in [1.54, 1.807) is 14.2 Å². The number of aromatic nitrogens is 2. The molecule has 6 rings (SSSR count). The van der Waals surface area contributed by atoms with Gasteiger partial charge in [-0.05, 0) is 11.1 Å². The van der Waals surface area contributed by atoms with Crippen LogP contribution in [0.3, 0.4) is 0 Å². The van der Waals surface area contributed by atoms with Crippen molar-refractivity contribution >= 4 is 6.03 Å². The molecule has 0 radical (unpaired) electrons. The van der Waals surface area contributed by atoms with Crippen molar-refractivity contribution in [1.29, 1.82) is 0 Å². The Labute approximate surface area is 259 Å². The van der Waals surface area contributed by atoms with Crippen LogP contribution in [0, 0.1) is 0 Å². The maximum absolute atomic E-state index is 13.6. The molecule has 44 heavy (non-hydrogen) atoms. The Hall–Kier alpha value is -3.93. The van der Waals surface area contributed by atoms with Crippen LogP contribution >= 0.6 is 0 Å². The first kappa shape index (κ1) is 30.1. The number of morpholine rings is 1. The van der Waals surface area contributed by atoms with Crippen LogP contribution in [0.5, 0.6) is 17.8 Å². The van der Waals surface area contributed by atoms with Crippen molar-refractivity contribution in [2.75, 3.05) is 80.4 Å². The second-order valence-electron chi connectivity index (χ2n) is 11.5. The molecule has 1 unspecified atom stereocenters. The molecule has 1 aromatic heterocycles. The number of benzene rings is 2. The molecule has 0 aliphatic carbocycles. The number of piperazine rings is 2. The molecule has 234 valence electrons. The number of urea groups is 1. The lowest BCUT2D eigenvalue weighted by molar-refractivity contribution is -0.0315. The van der Waals surface area contributed by atoms with E-state index in [4.69, 9.17) is 18.9 Å². The van der Waals surface area contributed by atoms with E-state index in [1.807, 2.05) is 9.80 Å². The summed E-state index contributed by atoms with van der Waals surface area (Å²) in [6, 6.07) is 22.1. The lowest BCUT2D eigenvalue weighted by Crippen LogP contribution is -2.68. The van der Waals surface area contributed by atoms with Gasteiger partial charge in [-0.15, -0.1) is 0 Å². The lowest BCUT2D eigenvalue weighted by Gasteiger charge is -2.54. The third-order valence-electron chi connectivity index (χ3n) is 8.98. The molecule has 11 heteroatoms. The van der Waals surface area contributed by atoms with E-state index in [2.05, 4.69) is 80.4 Å². The molecular formula is C33H42N6O5. The Morgan fingerprint density at radius 1 is 0.795 bits per heavy atom. The number of hydrogen-bond donors (Lipinski definition) is 0. The van der Waals surface area contributed by atoms with Gasteiger partial charge in [-0.1, -0.05) is 60.7 Å². The Morgan fingerprint density at radius 3 is 1.98 bits per heavy atom. The number of carbonyl (C=O) groups is 1. The molecule has 3 aliphatic rings. The second-order valence-corrected chi connectivity index (χ2v) is 11.5. The highest BCUT2D eigenvalue weighted by Gasteiger charge is 2.44. The third kappa shape index (κ3) is 6.31. The number of fused-ring (bicyclic) bond motifs is 1. The molecular weight excluding hydrogens is 560 g/mol. The van der Waals surface area contributed by atoms with E-state index in [9.17, 15) is 4.79 Å². The van der Waals surface area contributed by atoms with E-state index in [0.717, 1.165) is 25.2 Å². The van der Waals surface area contributed by atoms with Gasteiger partial charge in [0.05, 0.1) is 40.1 Å². The van der Waals surface area contributed by atoms with Gasteiger partial charge in [0.2, 0.25) is 11.8 Å². The largest absolute Gasteiger partial charge is 0.481 e. The number of ether oxygens (including phenoxy) is 4. The first-order valence-electron chi connectivity index (χ1n) is 15.3. The number of hydrogen-bond acceptors (Lipinski definition) is 9. The van der Waals surface area contributed by atoms with E-state index in [-0.39, 0.29) is 30.0 Å². The predicted molar refractivity (Wildman–Crippen MR) is 165 cm³/mol. The zero-order chi connectivity index (χ0) is 30.5. The Morgan fingerprint density at radius 2 is 1.41 bits per heavy atom. The van der Waals surface area contributed by atoms with Crippen LogP contribution < -0.4 is 14.2 Å². The molecule has 11 nitrogen and oxygen atoms in total. The number of amides is 2. The molecule has 3 aromatic rings. The van der Waals surface area contributed by atoms with E-state index in [0.29, 0.717) is 57.7 Å². The summed E-state index contributed by atoms with van der Waals surface area (Å²) in [7, 11) is 4.73. The Balaban J connectivity index is 1.35. The van der Waals surface area contributed by atoms with Crippen molar-refractivity contribution < 1.29 is 23.7 Å². The quantitative estimate of drug-likeness (QED) is 0.386. The first-order valence-corrected chi connectivity index (χ1v) is 15.3. The highest BCUT2D eigenvalue weighted by molar-refractivity contribution is 5.74. The molecule has 4 heterocycles. The van der Waals surface area contributed by atoms with Crippen molar-refractivity contribution in [2.24, 2.45) is 0 Å². The van der Waals surface area contributed by atoms with Gasteiger partial charge >= 0.3 is 12.0 Å². The van der Waals surface area contributed by atoms with Crippen LogP contribution in [-0.2, 0) is 11.3 Å². The zero-order valence-electron chi connectivity index (χ0n) is 25.8. The van der Waals surface area contributed by atoms with Gasteiger partial charge in [0.15, 0.2) is 0 Å². The number of methoxy groups -OCH3 is 3. The van der Waals surface area contributed by atoms with Gasteiger partial charge in [0.25, 0.3) is 0 Å². The standard InChI is InChI=1S/C33H42N6O5/c1-41-30-27(31(42-2)35-32(34-30)43-3)22-36-20-26-21-38(33(40)37-16-18-44-19-17-37)14-15-39(26)28(23-36)29(24-10-6-4-7-11-24)25-12-8-5-9-13-25/h4-13,26,28-29H,14-23H2,1-3H3/t26-,28?/m1/s1. The van der Waals surface area contributed by atoms with Gasteiger partial charge in [0, 0.05) is 70.4 Å². The Bertz CT molecular complexity index is 1330. The highest BCUT2D eigenvalue weighted by Crippen LogP contribution is 2.37. The van der Waals surface area contributed by atoms with Crippen molar-refractivity contribution in [3.63, 3.8) is 0 Å². The fourth-order valence-electron chi connectivity index (χ4n) is 6.94. The fourth-order valence-corrected chi connectivity index (χ4v) is 6.94. The van der Waals surface area contributed by atoms with Gasteiger partial charge in [-0.2, -0.15) is 9.97 Å². The summed E-state index contributed by atoms with van der Waals surface area (Å²) in [5, 5.41) is 0. The Kier molecular flexibility index (Phi) is 9.44. The average Bonchev–Trinajstić information content (AvgIpc) is 3.09. The lowest BCUT2D eigenvalue weighted by atomic mass is 9.81. The third-order valence-corrected chi connectivity index (χ3v) is 8.98. The maximum atomic E-state index is 13.6. The molecule has 2 aromatic carbocycles. The molecule has 3 fully saturated rings. The van der Waals surface area contributed by atoms with Gasteiger partial charge < -0.3 is 28.7 Å². The zero-order valence-corrected chi connectivity index (χ0v) is 25.8. The molecule has 0 bridgehead atoms. The SMILES string of the molecule is COc1nc(OC)c(CN2CC(C(c3ccccc3)c3ccccc3)N3CCN(C(=O)N4CCOCC4)C[C@H]3C2)c(OC)n1. The summed E-state index contributed by atoms with van der Waals surface area (Å²) in [5.74, 6) is 1.01. The molecule has 0 spiro atoms. The number of nitrogens with zero attached hydrogens (tertiary/aromatic N) is 6. The summed E-state index contributed by atoms with van der Waals surface area (Å²) in [6.45, 7) is 6.75. The van der Waals surface area contributed by atoms with E-state index >= 15 is 0 Å². The van der Waals surface area contributed by atoms with E-state index in [1.165, 1.54) is 18.2 Å².